The maximum Gasteiger partial charge on any atom is 0.219 e. The lowest BCUT2D eigenvalue weighted by Crippen LogP contribution is -2.23. The molecule has 1 aromatic heterocycles. The molecule has 1 aromatic carbocycles. The van der Waals surface area contributed by atoms with Gasteiger partial charge in [-0.15, -0.1) is 0 Å². The van der Waals surface area contributed by atoms with Crippen molar-refractivity contribution in [2.24, 2.45) is 0 Å². The minimum absolute atomic E-state index is 0.0606. The first-order valence-corrected chi connectivity index (χ1v) is 6.60. The van der Waals surface area contributed by atoms with Crippen LogP contribution in [-0.4, -0.2) is 28.1 Å². The van der Waals surface area contributed by atoms with E-state index in [9.17, 15) is 4.79 Å². The topological polar surface area (TPSA) is 61.0 Å². The number of para-hydroxylation sites is 1. The molecule has 0 aliphatic heterocycles. The van der Waals surface area contributed by atoms with Crippen LogP contribution in [0.3, 0.4) is 0 Å². The number of amides is 1. The van der Waals surface area contributed by atoms with E-state index in [1.807, 2.05) is 37.4 Å². The van der Waals surface area contributed by atoms with E-state index >= 15 is 0 Å². The van der Waals surface area contributed by atoms with Crippen LogP contribution < -0.4 is 5.32 Å². The SMILES string of the molecule is CC(=O)N(C)Cc1ccccc1NCc1cn[nH]c1C. The van der Waals surface area contributed by atoms with Crippen LogP contribution in [-0.2, 0) is 17.9 Å². The number of rotatable bonds is 5. The Morgan fingerprint density at radius 3 is 2.75 bits per heavy atom. The van der Waals surface area contributed by atoms with Crippen molar-refractivity contribution >= 4 is 11.6 Å². The predicted molar refractivity (Wildman–Crippen MR) is 79.2 cm³/mol. The van der Waals surface area contributed by atoms with Crippen molar-refractivity contribution in [3.8, 4) is 0 Å². The predicted octanol–water partition coefficient (Wildman–Crippen LogP) is 2.31. The molecule has 106 valence electrons. The molecule has 5 nitrogen and oxygen atoms in total. The normalized spacial score (nSPS) is 10.3. The van der Waals surface area contributed by atoms with E-state index in [4.69, 9.17) is 0 Å². The van der Waals surface area contributed by atoms with E-state index in [2.05, 4.69) is 15.5 Å². The number of H-pyrrole nitrogens is 1. The molecule has 0 bridgehead atoms. The zero-order valence-corrected chi connectivity index (χ0v) is 12.1. The Bertz CT molecular complexity index is 591. The summed E-state index contributed by atoms with van der Waals surface area (Å²) in [6.07, 6.45) is 1.83. The molecule has 0 spiro atoms. The van der Waals surface area contributed by atoms with Crippen molar-refractivity contribution in [2.75, 3.05) is 12.4 Å². The quantitative estimate of drug-likeness (QED) is 0.878. The highest BCUT2D eigenvalue weighted by molar-refractivity contribution is 5.73. The van der Waals surface area contributed by atoms with Gasteiger partial charge in [-0.1, -0.05) is 18.2 Å². The van der Waals surface area contributed by atoms with Crippen molar-refractivity contribution < 1.29 is 4.79 Å². The first-order valence-electron chi connectivity index (χ1n) is 6.60. The summed E-state index contributed by atoms with van der Waals surface area (Å²) in [6, 6.07) is 8.03. The molecule has 0 aliphatic rings. The van der Waals surface area contributed by atoms with Gasteiger partial charge in [-0.05, 0) is 18.6 Å². The molecule has 0 unspecified atom stereocenters. The first-order chi connectivity index (χ1) is 9.58. The molecular formula is C15H20N4O. The van der Waals surface area contributed by atoms with Crippen molar-refractivity contribution in [1.29, 1.82) is 0 Å². The van der Waals surface area contributed by atoms with E-state index < -0.39 is 0 Å². The van der Waals surface area contributed by atoms with Crippen LogP contribution in [0.4, 0.5) is 5.69 Å². The van der Waals surface area contributed by atoms with Gasteiger partial charge in [0.05, 0.1) is 6.20 Å². The molecule has 0 saturated carbocycles. The molecule has 2 rings (SSSR count). The smallest absolute Gasteiger partial charge is 0.219 e. The first kappa shape index (κ1) is 14.1. The van der Waals surface area contributed by atoms with Crippen LogP contribution in [0.2, 0.25) is 0 Å². The van der Waals surface area contributed by atoms with E-state index in [1.54, 1.807) is 18.9 Å². The molecule has 0 saturated heterocycles. The number of aromatic amines is 1. The maximum atomic E-state index is 11.3. The summed E-state index contributed by atoms with van der Waals surface area (Å²) in [5.41, 5.74) is 4.35. The zero-order chi connectivity index (χ0) is 14.5. The fourth-order valence-electron chi connectivity index (χ4n) is 1.94. The summed E-state index contributed by atoms with van der Waals surface area (Å²) in [6.45, 7) is 4.89. The summed E-state index contributed by atoms with van der Waals surface area (Å²) in [5, 5.41) is 10.3. The third kappa shape index (κ3) is 3.38. The summed E-state index contributed by atoms with van der Waals surface area (Å²) < 4.78 is 0. The van der Waals surface area contributed by atoms with Gasteiger partial charge in [0.25, 0.3) is 0 Å². The van der Waals surface area contributed by atoms with Crippen LogP contribution in [0.15, 0.2) is 30.5 Å². The highest BCUT2D eigenvalue weighted by atomic mass is 16.2. The van der Waals surface area contributed by atoms with Gasteiger partial charge in [0.1, 0.15) is 0 Å². The number of nitrogens with one attached hydrogen (secondary N) is 2. The van der Waals surface area contributed by atoms with Gasteiger partial charge in [-0.2, -0.15) is 5.10 Å². The molecule has 20 heavy (non-hydrogen) atoms. The molecule has 1 heterocycles. The maximum absolute atomic E-state index is 11.3. The van der Waals surface area contributed by atoms with E-state index in [0.29, 0.717) is 13.1 Å². The van der Waals surface area contributed by atoms with Crippen LogP contribution in [0.25, 0.3) is 0 Å². The number of aryl methyl sites for hydroxylation is 1. The van der Waals surface area contributed by atoms with Gasteiger partial charge < -0.3 is 10.2 Å². The lowest BCUT2D eigenvalue weighted by Gasteiger charge is -2.18. The number of carbonyl (C=O) groups excluding carboxylic acids is 1. The molecular weight excluding hydrogens is 252 g/mol. The summed E-state index contributed by atoms with van der Waals surface area (Å²) in [5.74, 6) is 0.0606. The molecule has 5 heteroatoms. The fraction of sp³-hybridized carbons (Fsp3) is 0.333. The number of hydrogen-bond donors (Lipinski definition) is 2. The Balaban J connectivity index is 2.08. The Morgan fingerprint density at radius 1 is 1.35 bits per heavy atom. The van der Waals surface area contributed by atoms with Crippen LogP contribution in [0, 0.1) is 6.92 Å². The van der Waals surface area contributed by atoms with Crippen molar-refractivity contribution in [1.82, 2.24) is 15.1 Å². The van der Waals surface area contributed by atoms with Crippen molar-refractivity contribution in [3.63, 3.8) is 0 Å². The zero-order valence-electron chi connectivity index (χ0n) is 12.1. The second-order valence-corrected chi connectivity index (χ2v) is 4.91. The average Bonchev–Trinajstić information content (AvgIpc) is 2.83. The number of nitrogens with zero attached hydrogens (tertiary/aromatic N) is 2. The number of benzene rings is 1. The van der Waals surface area contributed by atoms with Crippen LogP contribution >= 0.6 is 0 Å². The minimum Gasteiger partial charge on any atom is -0.381 e. The van der Waals surface area contributed by atoms with Crippen molar-refractivity contribution in [2.45, 2.75) is 26.9 Å². The average molecular weight is 272 g/mol. The summed E-state index contributed by atoms with van der Waals surface area (Å²) in [7, 11) is 1.80. The molecule has 2 aromatic rings. The van der Waals surface area contributed by atoms with Crippen LogP contribution in [0.5, 0.6) is 0 Å². The third-order valence-corrected chi connectivity index (χ3v) is 3.37. The van der Waals surface area contributed by atoms with E-state index in [0.717, 1.165) is 22.5 Å². The fourth-order valence-corrected chi connectivity index (χ4v) is 1.94. The van der Waals surface area contributed by atoms with E-state index in [-0.39, 0.29) is 5.91 Å². The Labute approximate surface area is 119 Å². The second kappa shape index (κ2) is 6.23. The second-order valence-electron chi connectivity index (χ2n) is 4.91. The van der Waals surface area contributed by atoms with Crippen LogP contribution in [0.1, 0.15) is 23.7 Å². The van der Waals surface area contributed by atoms with Crippen molar-refractivity contribution in [3.05, 3.63) is 47.3 Å². The lowest BCUT2D eigenvalue weighted by molar-refractivity contribution is -0.128. The summed E-state index contributed by atoms with van der Waals surface area (Å²) >= 11 is 0. The molecule has 2 N–H and O–H groups in total. The monoisotopic (exact) mass is 272 g/mol. The van der Waals surface area contributed by atoms with Gasteiger partial charge in [-0.3, -0.25) is 9.89 Å². The van der Waals surface area contributed by atoms with Gasteiger partial charge in [0.15, 0.2) is 0 Å². The number of aromatic nitrogens is 2. The Kier molecular flexibility index (Phi) is 4.40. The highest BCUT2D eigenvalue weighted by Gasteiger charge is 2.08. The van der Waals surface area contributed by atoms with Gasteiger partial charge in [0.2, 0.25) is 5.91 Å². The van der Waals surface area contributed by atoms with Gasteiger partial charge in [-0.25, -0.2) is 0 Å². The molecule has 0 fully saturated rings. The highest BCUT2D eigenvalue weighted by Crippen LogP contribution is 2.18. The largest absolute Gasteiger partial charge is 0.381 e. The number of anilines is 1. The molecule has 1 amide bonds. The lowest BCUT2D eigenvalue weighted by atomic mass is 10.1. The minimum atomic E-state index is 0.0606. The standard InChI is InChI=1S/C15H20N4O/c1-11-14(9-17-18-11)8-16-15-7-5-4-6-13(15)10-19(3)12(2)20/h4-7,9,16H,8,10H2,1-3H3,(H,17,18). The van der Waals surface area contributed by atoms with Gasteiger partial charge in [0, 0.05) is 44.0 Å². The molecule has 0 aliphatic carbocycles. The Morgan fingerprint density at radius 2 is 2.10 bits per heavy atom. The third-order valence-electron chi connectivity index (χ3n) is 3.37. The molecule has 0 radical (unpaired) electrons. The summed E-state index contributed by atoms with van der Waals surface area (Å²) in [4.78, 5) is 13.0. The van der Waals surface area contributed by atoms with E-state index in [1.165, 1.54) is 0 Å². The number of carbonyl (C=O) groups is 1. The number of hydrogen-bond acceptors (Lipinski definition) is 3. The molecule has 0 atom stereocenters. The Hall–Kier alpha value is -2.30. The van der Waals surface area contributed by atoms with Gasteiger partial charge >= 0.3 is 0 Å².